The maximum atomic E-state index is 6.47. The maximum absolute atomic E-state index is 6.47. The SMILES string of the molecule is C[C@]1(c2ccccc2)COC2(OO1)C1CC3CC(C1)CC2C3. The fraction of sp³-hybridized carbons (Fsp3) is 0.684. The van der Waals surface area contributed by atoms with Crippen molar-refractivity contribution in [2.24, 2.45) is 23.7 Å². The van der Waals surface area contributed by atoms with Gasteiger partial charge in [0.1, 0.15) is 5.60 Å². The van der Waals surface area contributed by atoms with Crippen LogP contribution in [0.2, 0.25) is 0 Å². The largest absolute Gasteiger partial charge is 0.343 e. The Morgan fingerprint density at radius 2 is 1.50 bits per heavy atom. The summed E-state index contributed by atoms with van der Waals surface area (Å²) in [4.78, 5) is 12.1. The van der Waals surface area contributed by atoms with Crippen molar-refractivity contribution < 1.29 is 14.5 Å². The molecule has 1 heterocycles. The van der Waals surface area contributed by atoms with Gasteiger partial charge in [-0.15, -0.1) is 0 Å². The van der Waals surface area contributed by atoms with Gasteiger partial charge in [0.25, 0.3) is 0 Å². The Balaban J connectivity index is 1.40. The highest BCUT2D eigenvalue weighted by Gasteiger charge is 2.62. The van der Waals surface area contributed by atoms with Crippen LogP contribution in [0.15, 0.2) is 30.3 Å². The first kappa shape index (κ1) is 13.5. The van der Waals surface area contributed by atoms with Crippen molar-refractivity contribution in [3.05, 3.63) is 35.9 Å². The Labute approximate surface area is 131 Å². The Hall–Kier alpha value is -0.900. The Bertz CT molecular complexity index is 529. The minimum Gasteiger partial charge on any atom is -0.343 e. The second-order valence-electron chi connectivity index (χ2n) is 8.08. The molecule has 5 aliphatic rings. The monoisotopic (exact) mass is 300 g/mol. The summed E-state index contributed by atoms with van der Waals surface area (Å²) < 4.78 is 6.47. The molecule has 1 aromatic carbocycles. The standard InChI is InChI=1S/C19H24O3/c1-18(15-5-3-2-4-6-15)12-20-19(22-21-18)16-8-13-7-14(10-16)11-17(19)9-13/h2-6,13-14,16-17H,7-12H2,1H3/t13?,14?,16?,17?,18-,19?/m1/s1. The average molecular weight is 300 g/mol. The van der Waals surface area contributed by atoms with Crippen LogP contribution in [0.25, 0.3) is 0 Å². The van der Waals surface area contributed by atoms with Crippen molar-refractivity contribution in [1.82, 2.24) is 0 Å². The molecule has 0 aromatic heterocycles. The first-order valence-electron chi connectivity index (χ1n) is 8.74. The van der Waals surface area contributed by atoms with Crippen LogP contribution < -0.4 is 0 Å². The molecule has 1 atom stereocenters. The summed E-state index contributed by atoms with van der Waals surface area (Å²) in [6.07, 6.45) is 6.49. The number of benzene rings is 1. The topological polar surface area (TPSA) is 27.7 Å². The molecule has 118 valence electrons. The Kier molecular flexibility index (Phi) is 2.80. The van der Waals surface area contributed by atoms with Gasteiger partial charge in [-0.05, 0) is 56.4 Å². The van der Waals surface area contributed by atoms with E-state index in [0.29, 0.717) is 18.4 Å². The fourth-order valence-electron chi connectivity index (χ4n) is 5.59. The molecule has 4 saturated carbocycles. The normalized spacial score (nSPS) is 49.7. The summed E-state index contributed by atoms with van der Waals surface area (Å²) in [5.74, 6) is 2.42. The predicted octanol–water partition coefficient (Wildman–Crippen LogP) is 4.03. The summed E-state index contributed by atoms with van der Waals surface area (Å²) in [7, 11) is 0. The highest BCUT2D eigenvalue weighted by atomic mass is 17.2. The van der Waals surface area contributed by atoms with Crippen LogP contribution in [0.1, 0.15) is 44.6 Å². The van der Waals surface area contributed by atoms with Crippen LogP contribution in [0.3, 0.4) is 0 Å². The van der Waals surface area contributed by atoms with Gasteiger partial charge in [0, 0.05) is 11.8 Å². The van der Waals surface area contributed by atoms with Crippen molar-refractivity contribution in [3.63, 3.8) is 0 Å². The average Bonchev–Trinajstić information content (AvgIpc) is 2.55. The van der Waals surface area contributed by atoms with Gasteiger partial charge in [-0.3, -0.25) is 0 Å². The van der Waals surface area contributed by atoms with Crippen LogP contribution in [0.5, 0.6) is 0 Å². The van der Waals surface area contributed by atoms with E-state index in [9.17, 15) is 0 Å². The predicted molar refractivity (Wildman–Crippen MR) is 81.7 cm³/mol. The zero-order valence-electron chi connectivity index (χ0n) is 13.2. The lowest BCUT2D eigenvalue weighted by Crippen LogP contribution is -2.64. The van der Waals surface area contributed by atoms with E-state index in [1.54, 1.807) is 0 Å². The lowest BCUT2D eigenvalue weighted by Gasteiger charge is -2.61. The second kappa shape index (κ2) is 4.56. The van der Waals surface area contributed by atoms with Gasteiger partial charge in [-0.25, -0.2) is 4.89 Å². The number of hydrogen-bond acceptors (Lipinski definition) is 3. The molecule has 3 nitrogen and oxygen atoms in total. The van der Waals surface area contributed by atoms with E-state index in [1.165, 1.54) is 32.1 Å². The van der Waals surface area contributed by atoms with Gasteiger partial charge >= 0.3 is 0 Å². The quantitative estimate of drug-likeness (QED) is 0.733. The molecule has 0 radical (unpaired) electrons. The number of ether oxygens (including phenoxy) is 1. The Morgan fingerprint density at radius 3 is 2.05 bits per heavy atom. The summed E-state index contributed by atoms with van der Waals surface area (Å²) >= 11 is 0. The molecule has 6 rings (SSSR count). The van der Waals surface area contributed by atoms with Gasteiger partial charge in [0.15, 0.2) is 0 Å². The van der Waals surface area contributed by atoms with Crippen molar-refractivity contribution in [3.8, 4) is 0 Å². The maximum Gasteiger partial charge on any atom is 0.207 e. The third-order valence-electron chi connectivity index (χ3n) is 6.59. The van der Waals surface area contributed by atoms with Gasteiger partial charge < -0.3 is 4.74 Å². The third-order valence-corrected chi connectivity index (χ3v) is 6.59. The fourth-order valence-corrected chi connectivity index (χ4v) is 5.59. The zero-order valence-corrected chi connectivity index (χ0v) is 13.2. The zero-order chi connectivity index (χ0) is 14.8. The van der Waals surface area contributed by atoms with Crippen LogP contribution in [-0.4, -0.2) is 12.4 Å². The molecule has 0 amide bonds. The molecule has 1 saturated heterocycles. The molecule has 1 spiro atoms. The molecule has 1 aliphatic heterocycles. The molecule has 1 aromatic rings. The highest BCUT2D eigenvalue weighted by Crippen LogP contribution is 2.61. The molecule has 0 unspecified atom stereocenters. The molecular weight excluding hydrogens is 276 g/mol. The van der Waals surface area contributed by atoms with Crippen molar-refractivity contribution in [1.29, 1.82) is 0 Å². The molecule has 5 fully saturated rings. The first-order valence-corrected chi connectivity index (χ1v) is 8.74. The van der Waals surface area contributed by atoms with E-state index in [4.69, 9.17) is 14.5 Å². The van der Waals surface area contributed by atoms with Crippen LogP contribution >= 0.6 is 0 Å². The van der Waals surface area contributed by atoms with Gasteiger partial charge in [-0.1, -0.05) is 30.3 Å². The van der Waals surface area contributed by atoms with Gasteiger partial charge in [0.05, 0.1) is 6.61 Å². The lowest BCUT2D eigenvalue weighted by molar-refractivity contribution is -0.547. The molecule has 0 N–H and O–H groups in total. The lowest BCUT2D eigenvalue weighted by atomic mass is 9.53. The molecule has 3 heteroatoms. The van der Waals surface area contributed by atoms with Crippen LogP contribution in [-0.2, 0) is 20.1 Å². The molecule has 4 aliphatic carbocycles. The van der Waals surface area contributed by atoms with E-state index < -0.39 is 11.4 Å². The van der Waals surface area contributed by atoms with Crippen molar-refractivity contribution >= 4 is 0 Å². The van der Waals surface area contributed by atoms with Gasteiger partial charge in [-0.2, -0.15) is 4.89 Å². The van der Waals surface area contributed by atoms with Crippen molar-refractivity contribution in [2.45, 2.75) is 50.4 Å². The number of rotatable bonds is 1. The van der Waals surface area contributed by atoms with Crippen LogP contribution in [0, 0.1) is 23.7 Å². The van der Waals surface area contributed by atoms with Crippen LogP contribution in [0.4, 0.5) is 0 Å². The molecule has 22 heavy (non-hydrogen) atoms. The van der Waals surface area contributed by atoms with E-state index in [-0.39, 0.29) is 0 Å². The van der Waals surface area contributed by atoms with E-state index in [2.05, 4.69) is 19.1 Å². The van der Waals surface area contributed by atoms with E-state index in [1.807, 2.05) is 18.2 Å². The van der Waals surface area contributed by atoms with Crippen molar-refractivity contribution in [2.75, 3.05) is 6.61 Å². The minimum atomic E-state index is -0.499. The summed E-state index contributed by atoms with van der Waals surface area (Å²) in [6, 6.07) is 10.3. The highest BCUT2D eigenvalue weighted by molar-refractivity contribution is 5.22. The first-order chi connectivity index (χ1) is 10.7. The van der Waals surface area contributed by atoms with E-state index >= 15 is 0 Å². The second-order valence-corrected chi connectivity index (χ2v) is 8.08. The summed E-state index contributed by atoms with van der Waals surface area (Å²) in [6.45, 7) is 2.64. The third kappa shape index (κ3) is 1.79. The summed E-state index contributed by atoms with van der Waals surface area (Å²) in [5.41, 5.74) is 0.620. The minimum absolute atomic E-state index is 0.457. The van der Waals surface area contributed by atoms with E-state index in [0.717, 1.165) is 17.4 Å². The molecular formula is C19H24O3. The van der Waals surface area contributed by atoms with Gasteiger partial charge in [0.2, 0.25) is 5.79 Å². The molecule has 4 bridgehead atoms. The Morgan fingerprint density at radius 1 is 0.864 bits per heavy atom. The smallest absolute Gasteiger partial charge is 0.207 e. The summed E-state index contributed by atoms with van der Waals surface area (Å²) in [5, 5.41) is 0. The number of hydrogen-bond donors (Lipinski definition) is 0.